The van der Waals surface area contributed by atoms with Crippen molar-refractivity contribution in [2.45, 2.75) is 43.7 Å². The van der Waals surface area contributed by atoms with Crippen LogP contribution in [0.3, 0.4) is 0 Å². The van der Waals surface area contributed by atoms with Gasteiger partial charge in [0.15, 0.2) is 5.96 Å². The van der Waals surface area contributed by atoms with Crippen LogP contribution in [0.4, 0.5) is 0 Å². The van der Waals surface area contributed by atoms with E-state index in [1.807, 2.05) is 0 Å². The normalized spacial score (nSPS) is 22.6. The number of fused-ring (bicyclic) bond motifs is 1. The van der Waals surface area contributed by atoms with Crippen molar-refractivity contribution in [2.24, 2.45) is 4.99 Å². The number of hydrogen-bond acceptors (Lipinski definition) is 1. The number of nitrogens with one attached hydrogen (secondary N) is 2. The number of rotatable bonds is 4. The van der Waals surface area contributed by atoms with E-state index in [1.54, 1.807) is 0 Å². The van der Waals surface area contributed by atoms with Crippen molar-refractivity contribution in [2.75, 3.05) is 6.54 Å². The standard InChI is InChI=1S/C21H25N3/c1-3-9-16(10-4-1)18(17-11-5-2-6-12-17)15-22-21-23-19-13-7-8-14-20(19)24-21/h1-6,9-12,18-20H,7-8,13-15H2,(H2,22,23,24)/t19-,20-/m0/s1. The van der Waals surface area contributed by atoms with Crippen molar-refractivity contribution in [3.63, 3.8) is 0 Å². The molecule has 1 aliphatic heterocycles. The Bertz CT molecular complexity index is 625. The second-order valence-corrected chi connectivity index (χ2v) is 6.85. The zero-order chi connectivity index (χ0) is 16.2. The number of hydrogen-bond donors (Lipinski definition) is 2. The van der Waals surface area contributed by atoms with Gasteiger partial charge in [0.2, 0.25) is 0 Å². The Morgan fingerprint density at radius 2 is 1.29 bits per heavy atom. The van der Waals surface area contributed by atoms with Crippen molar-refractivity contribution in [3.05, 3.63) is 71.8 Å². The molecule has 2 atom stereocenters. The third-order valence-corrected chi connectivity index (χ3v) is 5.25. The lowest BCUT2D eigenvalue weighted by atomic mass is 9.91. The molecule has 124 valence electrons. The predicted molar refractivity (Wildman–Crippen MR) is 99.3 cm³/mol. The average Bonchev–Trinajstić information content (AvgIpc) is 3.07. The van der Waals surface area contributed by atoms with Gasteiger partial charge >= 0.3 is 0 Å². The van der Waals surface area contributed by atoms with E-state index in [2.05, 4.69) is 71.3 Å². The van der Waals surface area contributed by atoms with Crippen LogP contribution in [-0.4, -0.2) is 24.6 Å². The molecular formula is C21H25N3. The SMILES string of the molecule is c1ccc(C(CN=C2N[C@H]3CCCC[C@@H]3N2)c2ccccc2)cc1. The Kier molecular flexibility index (Phi) is 4.50. The fourth-order valence-corrected chi connectivity index (χ4v) is 3.92. The van der Waals surface area contributed by atoms with E-state index in [1.165, 1.54) is 36.8 Å². The number of benzene rings is 2. The van der Waals surface area contributed by atoms with Crippen LogP contribution in [-0.2, 0) is 0 Å². The molecule has 24 heavy (non-hydrogen) atoms. The molecule has 0 radical (unpaired) electrons. The molecule has 1 saturated heterocycles. The molecule has 3 heteroatoms. The monoisotopic (exact) mass is 319 g/mol. The minimum absolute atomic E-state index is 0.297. The maximum absolute atomic E-state index is 4.89. The molecular weight excluding hydrogens is 294 g/mol. The molecule has 0 spiro atoms. The first-order valence-electron chi connectivity index (χ1n) is 9.07. The first kappa shape index (κ1) is 15.3. The highest BCUT2D eigenvalue weighted by atomic mass is 15.3. The van der Waals surface area contributed by atoms with Gasteiger partial charge in [0.05, 0.1) is 6.54 Å². The molecule has 2 aliphatic rings. The summed E-state index contributed by atoms with van der Waals surface area (Å²) in [4.78, 5) is 4.89. The minimum Gasteiger partial charge on any atom is -0.352 e. The van der Waals surface area contributed by atoms with E-state index >= 15 is 0 Å². The molecule has 1 saturated carbocycles. The molecule has 0 amide bonds. The molecule has 2 aromatic rings. The quantitative estimate of drug-likeness (QED) is 0.902. The van der Waals surface area contributed by atoms with Crippen LogP contribution < -0.4 is 10.6 Å². The van der Waals surface area contributed by atoms with Gasteiger partial charge in [-0.05, 0) is 24.0 Å². The maximum Gasteiger partial charge on any atom is 0.191 e. The van der Waals surface area contributed by atoms with Gasteiger partial charge in [-0.25, -0.2) is 0 Å². The highest BCUT2D eigenvalue weighted by Gasteiger charge is 2.32. The van der Waals surface area contributed by atoms with Gasteiger partial charge in [0.25, 0.3) is 0 Å². The molecule has 4 rings (SSSR count). The van der Waals surface area contributed by atoms with Crippen molar-refractivity contribution in [1.82, 2.24) is 10.6 Å². The second kappa shape index (κ2) is 7.08. The topological polar surface area (TPSA) is 36.4 Å². The highest BCUT2D eigenvalue weighted by Crippen LogP contribution is 2.26. The third-order valence-electron chi connectivity index (χ3n) is 5.25. The molecule has 2 fully saturated rings. The second-order valence-electron chi connectivity index (χ2n) is 6.85. The molecule has 1 aliphatic carbocycles. The van der Waals surface area contributed by atoms with E-state index in [9.17, 15) is 0 Å². The Labute approximate surface area is 144 Å². The first-order valence-corrected chi connectivity index (χ1v) is 9.07. The Hall–Kier alpha value is -2.29. The summed E-state index contributed by atoms with van der Waals surface area (Å²) in [7, 11) is 0. The summed E-state index contributed by atoms with van der Waals surface area (Å²) in [5.74, 6) is 1.29. The van der Waals surface area contributed by atoms with Gasteiger partial charge in [-0.2, -0.15) is 0 Å². The van der Waals surface area contributed by atoms with Gasteiger partial charge in [-0.15, -0.1) is 0 Å². The average molecular weight is 319 g/mol. The smallest absolute Gasteiger partial charge is 0.191 e. The summed E-state index contributed by atoms with van der Waals surface area (Å²) in [6.45, 7) is 0.767. The molecule has 2 N–H and O–H groups in total. The zero-order valence-electron chi connectivity index (χ0n) is 14.0. The fraction of sp³-hybridized carbons (Fsp3) is 0.381. The minimum atomic E-state index is 0.297. The maximum atomic E-state index is 4.89. The summed E-state index contributed by atoms with van der Waals surface area (Å²) in [5, 5.41) is 7.18. The summed E-state index contributed by atoms with van der Waals surface area (Å²) < 4.78 is 0. The van der Waals surface area contributed by atoms with Crippen LogP contribution in [0.15, 0.2) is 65.7 Å². The fourth-order valence-electron chi connectivity index (χ4n) is 3.92. The largest absolute Gasteiger partial charge is 0.352 e. The van der Waals surface area contributed by atoms with Crippen LogP contribution in [0.25, 0.3) is 0 Å². The third kappa shape index (κ3) is 3.30. The van der Waals surface area contributed by atoms with Crippen molar-refractivity contribution < 1.29 is 0 Å². The Morgan fingerprint density at radius 1 is 0.792 bits per heavy atom. The number of aliphatic imine (C=N–C) groups is 1. The Balaban J connectivity index is 1.53. The predicted octanol–water partition coefficient (Wildman–Crippen LogP) is 3.68. The van der Waals surface area contributed by atoms with E-state index in [0.29, 0.717) is 18.0 Å². The molecule has 1 heterocycles. The number of nitrogens with zero attached hydrogens (tertiary/aromatic N) is 1. The zero-order valence-corrected chi connectivity index (χ0v) is 14.0. The van der Waals surface area contributed by atoms with Crippen LogP contribution >= 0.6 is 0 Å². The lowest BCUT2D eigenvalue weighted by Gasteiger charge is -2.23. The van der Waals surface area contributed by atoms with Crippen molar-refractivity contribution in [1.29, 1.82) is 0 Å². The molecule has 0 aromatic heterocycles. The van der Waals surface area contributed by atoms with Crippen LogP contribution in [0.1, 0.15) is 42.7 Å². The van der Waals surface area contributed by atoms with Crippen LogP contribution in [0, 0.1) is 0 Å². The van der Waals surface area contributed by atoms with Gasteiger partial charge < -0.3 is 10.6 Å². The lowest BCUT2D eigenvalue weighted by molar-refractivity contribution is 0.374. The molecule has 2 aromatic carbocycles. The molecule has 0 bridgehead atoms. The summed E-state index contributed by atoms with van der Waals surface area (Å²) in [6.07, 6.45) is 5.19. The van der Waals surface area contributed by atoms with Gasteiger partial charge in [-0.3, -0.25) is 4.99 Å². The first-order chi connectivity index (χ1) is 11.9. The summed E-state index contributed by atoms with van der Waals surface area (Å²) in [5.41, 5.74) is 2.65. The van der Waals surface area contributed by atoms with Gasteiger partial charge in [0, 0.05) is 18.0 Å². The van der Waals surface area contributed by atoms with Crippen molar-refractivity contribution in [3.8, 4) is 0 Å². The van der Waals surface area contributed by atoms with Crippen LogP contribution in [0.2, 0.25) is 0 Å². The highest BCUT2D eigenvalue weighted by molar-refractivity contribution is 5.83. The summed E-state index contributed by atoms with van der Waals surface area (Å²) >= 11 is 0. The van der Waals surface area contributed by atoms with E-state index in [-0.39, 0.29) is 0 Å². The van der Waals surface area contributed by atoms with E-state index in [4.69, 9.17) is 4.99 Å². The molecule has 3 nitrogen and oxygen atoms in total. The van der Waals surface area contributed by atoms with Crippen LogP contribution in [0.5, 0.6) is 0 Å². The lowest BCUT2D eigenvalue weighted by Crippen LogP contribution is -2.36. The van der Waals surface area contributed by atoms with Crippen molar-refractivity contribution >= 4 is 5.96 Å². The van der Waals surface area contributed by atoms with E-state index < -0.39 is 0 Å². The Morgan fingerprint density at radius 3 is 1.79 bits per heavy atom. The van der Waals surface area contributed by atoms with Gasteiger partial charge in [-0.1, -0.05) is 73.5 Å². The van der Waals surface area contributed by atoms with E-state index in [0.717, 1.165) is 12.5 Å². The summed E-state index contributed by atoms with van der Waals surface area (Å²) in [6, 6.07) is 22.5. The number of guanidine groups is 1. The molecule has 0 unspecified atom stereocenters. The van der Waals surface area contributed by atoms with Gasteiger partial charge in [0.1, 0.15) is 0 Å².